The molecule has 1 heterocycles. The summed E-state index contributed by atoms with van der Waals surface area (Å²) in [5, 5.41) is 2.84. The van der Waals surface area contributed by atoms with Gasteiger partial charge in [-0.15, -0.1) is 0 Å². The van der Waals surface area contributed by atoms with Gasteiger partial charge in [0.15, 0.2) is 0 Å². The molecule has 0 radical (unpaired) electrons. The number of benzene rings is 2. The Bertz CT molecular complexity index is 805. The Hall–Kier alpha value is -2.66. The molecule has 2 aromatic carbocycles. The third kappa shape index (κ3) is 7.30. The molecule has 160 valence electrons. The van der Waals surface area contributed by atoms with Gasteiger partial charge in [-0.25, -0.2) is 0 Å². The van der Waals surface area contributed by atoms with Gasteiger partial charge < -0.3 is 10.1 Å². The van der Waals surface area contributed by atoms with Crippen LogP contribution in [0.1, 0.15) is 36.0 Å². The van der Waals surface area contributed by atoms with Crippen molar-refractivity contribution in [3.8, 4) is 0 Å². The van der Waals surface area contributed by atoms with Crippen LogP contribution in [0.3, 0.4) is 0 Å². The highest BCUT2D eigenvalue weighted by atomic mass is 16.5. The monoisotopic (exact) mass is 408 g/mol. The molecule has 1 atom stereocenters. The van der Waals surface area contributed by atoms with Gasteiger partial charge >= 0.3 is 5.97 Å². The molecule has 1 amide bonds. The molecule has 5 nitrogen and oxygen atoms in total. The van der Waals surface area contributed by atoms with Crippen LogP contribution in [0.5, 0.6) is 0 Å². The lowest BCUT2D eigenvalue weighted by molar-refractivity contribution is -0.150. The standard InChI is InChI=1S/C25H32N2O3/c1-20-9-11-21(12-10-20)13-14-24(28)26-15-17-30-25(29)23-8-5-16-27(19-23)18-22-6-3-2-4-7-22/h2-4,6-7,9-12,23H,5,8,13-19H2,1H3,(H,26,28). The van der Waals surface area contributed by atoms with Crippen LogP contribution in [-0.4, -0.2) is 43.0 Å². The highest BCUT2D eigenvalue weighted by Crippen LogP contribution is 2.19. The summed E-state index contributed by atoms with van der Waals surface area (Å²) in [6.45, 7) is 5.24. The van der Waals surface area contributed by atoms with Crippen LogP contribution in [0.25, 0.3) is 0 Å². The summed E-state index contributed by atoms with van der Waals surface area (Å²) in [7, 11) is 0. The van der Waals surface area contributed by atoms with Crippen molar-refractivity contribution in [1.82, 2.24) is 10.2 Å². The van der Waals surface area contributed by atoms with Gasteiger partial charge in [-0.3, -0.25) is 14.5 Å². The van der Waals surface area contributed by atoms with E-state index in [1.54, 1.807) is 0 Å². The fourth-order valence-corrected chi connectivity index (χ4v) is 3.79. The van der Waals surface area contributed by atoms with Gasteiger partial charge in [0.05, 0.1) is 12.5 Å². The predicted octanol–water partition coefficient (Wildman–Crippen LogP) is 3.50. The van der Waals surface area contributed by atoms with Crippen LogP contribution in [0, 0.1) is 12.8 Å². The summed E-state index contributed by atoms with van der Waals surface area (Å²) < 4.78 is 5.43. The van der Waals surface area contributed by atoms with Crippen LogP contribution in [-0.2, 0) is 27.3 Å². The zero-order valence-corrected chi connectivity index (χ0v) is 17.8. The number of carbonyl (C=O) groups excluding carboxylic acids is 2. The van der Waals surface area contributed by atoms with E-state index in [9.17, 15) is 9.59 Å². The van der Waals surface area contributed by atoms with E-state index < -0.39 is 0 Å². The molecule has 1 aliphatic heterocycles. The summed E-state index contributed by atoms with van der Waals surface area (Å²) in [5.41, 5.74) is 3.63. The second-order valence-electron chi connectivity index (χ2n) is 8.06. The van der Waals surface area contributed by atoms with Gasteiger partial charge in [-0.05, 0) is 43.9 Å². The van der Waals surface area contributed by atoms with Gasteiger partial charge in [0.1, 0.15) is 6.61 Å². The number of aryl methyl sites for hydroxylation is 2. The van der Waals surface area contributed by atoms with Crippen molar-refractivity contribution in [2.24, 2.45) is 5.92 Å². The second kappa shape index (κ2) is 11.5. The molecule has 1 aliphatic rings. The molecule has 0 aromatic heterocycles. The van der Waals surface area contributed by atoms with Gasteiger partial charge in [0.25, 0.3) is 0 Å². The largest absolute Gasteiger partial charge is 0.464 e. The molecule has 0 bridgehead atoms. The average Bonchev–Trinajstić information content (AvgIpc) is 2.77. The Morgan fingerprint density at radius 3 is 2.60 bits per heavy atom. The van der Waals surface area contributed by atoms with E-state index in [1.807, 2.05) is 25.1 Å². The first-order valence-electron chi connectivity index (χ1n) is 10.9. The van der Waals surface area contributed by atoms with E-state index in [2.05, 4.69) is 46.6 Å². The molecule has 0 aliphatic carbocycles. The van der Waals surface area contributed by atoms with Crippen molar-refractivity contribution in [3.05, 3.63) is 71.3 Å². The molecule has 0 saturated carbocycles. The molecule has 0 spiro atoms. The first-order chi connectivity index (χ1) is 14.6. The van der Waals surface area contributed by atoms with Gasteiger partial charge in [0, 0.05) is 19.5 Å². The molecule has 1 N–H and O–H groups in total. The number of piperidine rings is 1. The fourth-order valence-electron chi connectivity index (χ4n) is 3.79. The number of carbonyl (C=O) groups is 2. The van der Waals surface area contributed by atoms with E-state index in [0.29, 0.717) is 19.4 Å². The second-order valence-corrected chi connectivity index (χ2v) is 8.06. The number of amides is 1. The molecule has 2 aromatic rings. The number of nitrogens with one attached hydrogen (secondary N) is 1. The Labute approximate surface area is 179 Å². The topological polar surface area (TPSA) is 58.6 Å². The van der Waals surface area contributed by atoms with Crippen LogP contribution < -0.4 is 5.32 Å². The molecular weight excluding hydrogens is 376 g/mol. The number of esters is 1. The predicted molar refractivity (Wildman–Crippen MR) is 118 cm³/mol. The number of hydrogen-bond donors (Lipinski definition) is 1. The first-order valence-corrected chi connectivity index (χ1v) is 10.9. The lowest BCUT2D eigenvalue weighted by Crippen LogP contribution is -2.39. The third-order valence-corrected chi connectivity index (χ3v) is 5.52. The van der Waals surface area contributed by atoms with Crippen molar-refractivity contribution in [3.63, 3.8) is 0 Å². The first kappa shape index (κ1) is 22.0. The number of ether oxygens (including phenoxy) is 1. The maximum atomic E-state index is 12.4. The van der Waals surface area contributed by atoms with Gasteiger partial charge in [0.2, 0.25) is 5.91 Å². The van der Waals surface area contributed by atoms with E-state index in [0.717, 1.165) is 38.0 Å². The van der Waals surface area contributed by atoms with Crippen LogP contribution in [0.4, 0.5) is 0 Å². The Balaban J connectivity index is 1.31. The zero-order valence-electron chi connectivity index (χ0n) is 17.8. The van der Waals surface area contributed by atoms with E-state index >= 15 is 0 Å². The van der Waals surface area contributed by atoms with E-state index in [-0.39, 0.29) is 24.4 Å². The van der Waals surface area contributed by atoms with Crippen molar-refractivity contribution in [2.75, 3.05) is 26.2 Å². The van der Waals surface area contributed by atoms with Crippen LogP contribution in [0.2, 0.25) is 0 Å². The Kier molecular flexibility index (Phi) is 8.45. The van der Waals surface area contributed by atoms with Crippen molar-refractivity contribution < 1.29 is 14.3 Å². The highest BCUT2D eigenvalue weighted by molar-refractivity contribution is 5.76. The molecule has 5 heteroatoms. The summed E-state index contributed by atoms with van der Waals surface area (Å²) >= 11 is 0. The lowest BCUT2D eigenvalue weighted by Gasteiger charge is -2.31. The molecule has 1 unspecified atom stereocenters. The fraction of sp³-hybridized carbons (Fsp3) is 0.440. The maximum Gasteiger partial charge on any atom is 0.310 e. The minimum Gasteiger partial charge on any atom is -0.464 e. The summed E-state index contributed by atoms with van der Waals surface area (Å²) in [6, 6.07) is 18.5. The van der Waals surface area contributed by atoms with Gasteiger partial charge in [-0.1, -0.05) is 60.2 Å². The number of hydrogen-bond acceptors (Lipinski definition) is 4. The SMILES string of the molecule is Cc1ccc(CCC(=O)NCCOC(=O)C2CCCN(Cc3ccccc3)C2)cc1. The minimum absolute atomic E-state index is 0.0154. The smallest absolute Gasteiger partial charge is 0.310 e. The van der Waals surface area contributed by atoms with Crippen molar-refractivity contribution in [2.45, 2.75) is 39.2 Å². The number of likely N-dealkylation sites (tertiary alicyclic amines) is 1. The maximum absolute atomic E-state index is 12.4. The summed E-state index contributed by atoms with van der Waals surface area (Å²) in [5.74, 6) is -0.250. The van der Waals surface area contributed by atoms with E-state index in [1.165, 1.54) is 11.1 Å². The summed E-state index contributed by atoms with van der Waals surface area (Å²) in [4.78, 5) is 26.7. The molecular formula is C25H32N2O3. The average molecular weight is 409 g/mol. The Morgan fingerprint density at radius 1 is 1.07 bits per heavy atom. The number of nitrogens with zero attached hydrogens (tertiary/aromatic N) is 1. The zero-order chi connectivity index (χ0) is 21.2. The molecule has 3 rings (SSSR count). The van der Waals surface area contributed by atoms with Crippen LogP contribution >= 0.6 is 0 Å². The Morgan fingerprint density at radius 2 is 1.83 bits per heavy atom. The van der Waals surface area contributed by atoms with Crippen LogP contribution in [0.15, 0.2) is 54.6 Å². The van der Waals surface area contributed by atoms with Gasteiger partial charge in [-0.2, -0.15) is 0 Å². The highest BCUT2D eigenvalue weighted by Gasteiger charge is 2.26. The number of rotatable bonds is 9. The normalized spacial score (nSPS) is 16.8. The molecule has 1 fully saturated rings. The van der Waals surface area contributed by atoms with E-state index in [4.69, 9.17) is 4.74 Å². The minimum atomic E-state index is -0.151. The lowest BCUT2D eigenvalue weighted by atomic mass is 9.98. The quantitative estimate of drug-likeness (QED) is 0.510. The van der Waals surface area contributed by atoms with Crippen molar-refractivity contribution >= 4 is 11.9 Å². The molecule has 1 saturated heterocycles. The van der Waals surface area contributed by atoms with Crippen molar-refractivity contribution in [1.29, 1.82) is 0 Å². The molecule has 30 heavy (non-hydrogen) atoms. The third-order valence-electron chi connectivity index (χ3n) is 5.52. The summed E-state index contributed by atoms with van der Waals surface area (Å²) in [6.07, 6.45) is 3.02.